The van der Waals surface area contributed by atoms with E-state index in [1.54, 1.807) is 24.4 Å². The number of aromatic nitrogens is 2. The number of fused-ring (bicyclic) bond motifs is 1. The maximum Gasteiger partial charge on any atom is 0.287 e. The highest BCUT2D eigenvalue weighted by atomic mass is 19.1. The van der Waals surface area contributed by atoms with Gasteiger partial charge >= 0.3 is 0 Å². The van der Waals surface area contributed by atoms with Gasteiger partial charge in [0.15, 0.2) is 5.69 Å². The van der Waals surface area contributed by atoms with Crippen molar-refractivity contribution in [2.75, 3.05) is 32.5 Å². The summed E-state index contributed by atoms with van der Waals surface area (Å²) in [6, 6.07) is 8.22. The molecule has 2 N–H and O–H groups in total. The quantitative estimate of drug-likeness (QED) is 0.679. The standard InChI is InChI=1S/C19H19F2N5O2/c1-25(2)11-9-22-19(28)17-23-16(14-8-3-4-10-26(14)17)18(27)24-15-12(20)6-5-7-13(15)21/h3-8,10H,9,11H2,1-2H3,(H,22,28)(H,24,27). The second kappa shape index (κ2) is 8.13. The van der Waals surface area contributed by atoms with Crippen LogP contribution < -0.4 is 10.6 Å². The van der Waals surface area contributed by atoms with Gasteiger partial charge in [-0.1, -0.05) is 12.1 Å². The number of amides is 2. The van der Waals surface area contributed by atoms with Gasteiger partial charge in [-0.15, -0.1) is 0 Å². The van der Waals surface area contributed by atoms with Crippen LogP contribution in [0.2, 0.25) is 0 Å². The molecule has 0 aliphatic rings. The molecule has 0 unspecified atom stereocenters. The third-order valence-corrected chi connectivity index (χ3v) is 4.01. The van der Waals surface area contributed by atoms with Gasteiger partial charge < -0.3 is 15.5 Å². The molecule has 2 heterocycles. The van der Waals surface area contributed by atoms with Crippen molar-refractivity contribution in [3.63, 3.8) is 0 Å². The van der Waals surface area contributed by atoms with Crippen LogP contribution in [0.4, 0.5) is 14.5 Å². The number of nitrogens with one attached hydrogen (secondary N) is 2. The summed E-state index contributed by atoms with van der Waals surface area (Å²) in [7, 11) is 3.75. The normalized spacial score (nSPS) is 11.0. The summed E-state index contributed by atoms with van der Waals surface area (Å²) in [4.78, 5) is 31.1. The smallest absolute Gasteiger partial charge is 0.287 e. The van der Waals surface area contributed by atoms with Crippen LogP contribution in [-0.2, 0) is 0 Å². The average Bonchev–Trinajstić information content (AvgIpc) is 3.04. The number of carbonyl (C=O) groups excluding carboxylic acids is 2. The summed E-state index contributed by atoms with van der Waals surface area (Å²) in [6.45, 7) is 1.03. The SMILES string of the molecule is CN(C)CCNC(=O)c1nc(C(=O)Nc2c(F)cccc2F)c2ccccn12. The van der Waals surface area contributed by atoms with Crippen molar-refractivity contribution in [2.45, 2.75) is 0 Å². The fourth-order valence-corrected chi connectivity index (χ4v) is 2.63. The number of para-hydroxylation sites is 1. The number of rotatable bonds is 6. The molecule has 0 radical (unpaired) electrons. The molecule has 146 valence electrons. The van der Waals surface area contributed by atoms with E-state index in [-0.39, 0.29) is 11.5 Å². The number of hydrogen-bond donors (Lipinski definition) is 2. The van der Waals surface area contributed by atoms with Crippen molar-refractivity contribution < 1.29 is 18.4 Å². The van der Waals surface area contributed by atoms with Crippen molar-refractivity contribution in [3.05, 3.63) is 65.7 Å². The fraction of sp³-hybridized carbons (Fsp3) is 0.211. The maximum atomic E-state index is 13.8. The monoisotopic (exact) mass is 387 g/mol. The van der Waals surface area contributed by atoms with Gasteiger partial charge in [0.05, 0.1) is 5.52 Å². The molecule has 0 bridgehead atoms. The number of nitrogens with zero attached hydrogens (tertiary/aromatic N) is 3. The Labute approximate surface area is 160 Å². The van der Waals surface area contributed by atoms with Crippen molar-refractivity contribution >= 4 is 23.0 Å². The van der Waals surface area contributed by atoms with Crippen molar-refractivity contribution in [3.8, 4) is 0 Å². The molecule has 3 aromatic rings. The Bertz CT molecular complexity index is 1010. The first-order chi connectivity index (χ1) is 13.4. The molecule has 0 saturated heterocycles. The second-order valence-electron chi connectivity index (χ2n) is 6.35. The lowest BCUT2D eigenvalue weighted by Crippen LogP contribution is -2.32. The number of hydrogen-bond acceptors (Lipinski definition) is 4. The molecule has 0 aliphatic carbocycles. The Morgan fingerprint density at radius 3 is 2.46 bits per heavy atom. The number of carbonyl (C=O) groups is 2. The molecule has 0 fully saturated rings. The van der Waals surface area contributed by atoms with E-state index in [2.05, 4.69) is 15.6 Å². The zero-order valence-electron chi connectivity index (χ0n) is 15.4. The van der Waals surface area contributed by atoms with Gasteiger partial charge in [0.1, 0.15) is 17.3 Å². The molecule has 0 spiro atoms. The lowest BCUT2D eigenvalue weighted by molar-refractivity contribution is 0.0940. The molecule has 0 saturated carbocycles. The Hall–Kier alpha value is -3.33. The van der Waals surface area contributed by atoms with Crippen LogP contribution >= 0.6 is 0 Å². The first-order valence-corrected chi connectivity index (χ1v) is 8.54. The van der Waals surface area contributed by atoms with Crippen molar-refractivity contribution in [1.82, 2.24) is 19.6 Å². The van der Waals surface area contributed by atoms with E-state index in [1.807, 2.05) is 19.0 Å². The summed E-state index contributed by atoms with van der Waals surface area (Å²) < 4.78 is 29.1. The summed E-state index contributed by atoms with van der Waals surface area (Å²) in [5.41, 5.74) is -0.336. The number of pyridine rings is 1. The van der Waals surface area contributed by atoms with E-state index in [0.29, 0.717) is 18.6 Å². The van der Waals surface area contributed by atoms with E-state index < -0.39 is 29.1 Å². The van der Waals surface area contributed by atoms with Crippen LogP contribution in [0.15, 0.2) is 42.6 Å². The zero-order valence-corrected chi connectivity index (χ0v) is 15.4. The van der Waals surface area contributed by atoms with Gasteiger partial charge in [-0.05, 0) is 38.4 Å². The number of anilines is 1. The number of halogens is 2. The molecular weight excluding hydrogens is 368 g/mol. The highest BCUT2D eigenvalue weighted by Crippen LogP contribution is 2.20. The van der Waals surface area contributed by atoms with Crippen LogP contribution in [0.1, 0.15) is 21.1 Å². The zero-order chi connectivity index (χ0) is 20.3. The molecule has 2 amide bonds. The van der Waals surface area contributed by atoms with Crippen LogP contribution in [0.25, 0.3) is 5.52 Å². The second-order valence-corrected chi connectivity index (χ2v) is 6.35. The van der Waals surface area contributed by atoms with Crippen LogP contribution in [-0.4, -0.2) is 53.3 Å². The third kappa shape index (κ3) is 3.99. The minimum Gasteiger partial charge on any atom is -0.348 e. The topological polar surface area (TPSA) is 78.7 Å². The predicted octanol–water partition coefficient (Wildman–Crippen LogP) is 2.16. The molecule has 7 nitrogen and oxygen atoms in total. The lowest BCUT2D eigenvalue weighted by Gasteiger charge is -2.09. The third-order valence-electron chi connectivity index (χ3n) is 4.01. The van der Waals surface area contributed by atoms with Crippen molar-refractivity contribution in [2.24, 2.45) is 0 Å². The first-order valence-electron chi connectivity index (χ1n) is 8.54. The highest BCUT2D eigenvalue weighted by Gasteiger charge is 2.23. The number of likely N-dealkylation sites (N-methyl/N-ethyl adjacent to an activating group) is 1. The van der Waals surface area contributed by atoms with Crippen LogP contribution in [0, 0.1) is 11.6 Å². The highest BCUT2D eigenvalue weighted by molar-refractivity contribution is 6.09. The first kappa shape index (κ1) is 19.4. The van der Waals surface area contributed by atoms with E-state index in [1.165, 1.54) is 10.5 Å². The van der Waals surface area contributed by atoms with Gasteiger partial charge in [-0.2, -0.15) is 0 Å². The van der Waals surface area contributed by atoms with Crippen molar-refractivity contribution in [1.29, 1.82) is 0 Å². The molecule has 1 aromatic carbocycles. The Kier molecular flexibility index (Phi) is 5.65. The minimum absolute atomic E-state index is 0.00788. The van der Waals surface area contributed by atoms with E-state index in [0.717, 1.165) is 12.1 Å². The summed E-state index contributed by atoms with van der Waals surface area (Å²) >= 11 is 0. The molecule has 0 aliphatic heterocycles. The van der Waals surface area contributed by atoms with Gasteiger partial charge in [-0.3, -0.25) is 14.0 Å². The lowest BCUT2D eigenvalue weighted by atomic mass is 10.2. The molecule has 9 heteroatoms. The number of imidazole rings is 1. The molecule has 28 heavy (non-hydrogen) atoms. The minimum atomic E-state index is -0.904. The largest absolute Gasteiger partial charge is 0.348 e. The van der Waals surface area contributed by atoms with Crippen LogP contribution in [0.5, 0.6) is 0 Å². The van der Waals surface area contributed by atoms with Gasteiger partial charge in [0.25, 0.3) is 11.8 Å². The van der Waals surface area contributed by atoms with Gasteiger partial charge in [0, 0.05) is 19.3 Å². The predicted molar refractivity (Wildman–Crippen MR) is 100 cm³/mol. The molecule has 2 aromatic heterocycles. The average molecular weight is 387 g/mol. The molecular formula is C19H19F2N5O2. The summed E-state index contributed by atoms with van der Waals surface area (Å²) in [5, 5.41) is 4.92. The van der Waals surface area contributed by atoms with E-state index >= 15 is 0 Å². The van der Waals surface area contributed by atoms with Gasteiger partial charge in [0.2, 0.25) is 5.82 Å². The maximum absolute atomic E-state index is 13.8. The van der Waals surface area contributed by atoms with Gasteiger partial charge in [-0.25, -0.2) is 13.8 Å². The Balaban J connectivity index is 1.91. The Morgan fingerprint density at radius 2 is 1.79 bits per heavy atom. The van der Waals surface area contributed by atoms with Crippen LogP contribution in [0.3, 0.4) is 0 Å². The number of benzene rings is 1. The van der Waals surface area contributed by atoms with E-state index in [9.17, 15) is 18.4 Å². The summed E-state index contributed by atoms with van der Waals surface area (Å²) in [5.74, 6) is -3.08. The summed E-state index contributed by atoms with van der Waals surface area (Å²) in [6.07, 6.45) is 1.59. The van der Waals surface area contributed by atoms with E-state index in [4.69, 9.17) is 0 Å². The Morgan fingerprint density at radius 1 is 1.07 bits per heavy atom. The molecule has 0 atom stereocenters. The fourth-order valence-electron chi connectivity index (χ4n) is 2.63. The molecule has 3 rings (SSSR count).